The average Bonchev–Trinajstić information content (AvgIpc) is 3.21. The van der Waals surface area contributed by atoms with E-state index < -0.39 is 10.0 Å². The van der Waals surface area contributed by atoms with E-state index in [1.54, 1.807) is 17.5 Å². The number of nitrogens with zero attached hydrogens (tertiary/aromatic N) is 2. The highest BCUT2D eigenvalue weighted by molar-refractivity contribution is 7.89. The summed E-state index contributed by atoms with van der Waals surface area (Å²) in [5.41, 5.74) is 2.92. The number of likely N-dealkylation sites (tertiary alicyclic amines) is 1. The van der Waals surface area contributed by atoms with Crippen LogP contribution in [0.5, 0.6) is 5.75 Å². The summed E-state index contributed by atoms with van der Waals surface area (Å²) < 4.78 is 34.3. The van der Waals surface area contributed by atoms with Crippen LogP contribution >= 0.6 is 0 Å². The molecule has 3 aromatic carbocycles. The predicted molar refractivity (Wildman–Crippen MR) is 161 cm³/mol. The molecule has 214 valence electrons. The third-order valence-corrected chi connectivity index (χ3v) is 11.5. The van der Waals surface area contributed by atoms with Crippen molar-refractivity contribution in [2.75, 3.05) is 39.8 Å². The number of hydrogen-bond acceptors (Lipinski definition) is 5. The summed E-state index contributed by atoms with van der Waals surface area (Å²) >= 11 is 0. The summed E-state index contributed by atoms with van der Waals surface area (Å²) in [5.74, 6) is 1.68. The van der Waals surface area contributed by atoms with Gasteiger partial charge in [-0.25, -0.2) is 8.42 Å². The Labute approximate surface area is 239 Å². The number of benzene rings is 3. The van der Waals surface area contributed by atoms with Crippen molar-refractivity contribution in [2.24, 2.45) is 5.92 Å². The molecule has 1 aliphatic carbocycles. The van der Waals surface area contributed by atoms with Gasteiger partial charge in [-0.05, 0) is 112 Å². The summed E-state index contributed by atoms with van der Waals surface area (Å²) in [6.07, 6.45) is 9.00. The van der Waals surface area contributed by atoms with E-state index in [4.69, 9.17) is 4.74 Å². The Kier molecular flexibility index (Phi) is 8.45. The summed E-state index contributed by atoms with van der Waals surface area (Å²) in [5, 5.41) is 5.71. The summed E-state index contributed by atoms with van der Waals surface area (Å²) in [6.45, 7) is 4.55. The number of hydrogen-bond donors (Lipinski definition) is 1. The summed E-state index contributed by atoms with van der Waals surface area (Å²) in [7, 11) is -1.75. The maximum Gasteiger partial charge on any atom is 0.243 e. The molecule has 3 aliphatic rings. The minimum atomic E-state index is -3.50. The van der Waals surface area contributed by atoms with Crippen LogP contribution in [0, 0.1) is 5.92 Å². The molecule has 6 nitrogen and oxygen atoms in total. The zero-order valence-electron chi connectivity index (χ0n) is 23.7. The van der Waals surface area contributed by atoms with Gasteiger partial charge in [0.1, 0.15) is 5.75 Å². The van der Waals surface area contributed by atoms with Crippen LogP contribution in [0.1, 0.15) is 49.7 Å². The first kappa shape index (κ1) is 27.7. The van der Waals surface area contributed by atoms with E-state index in [0.717, 1.165) is 67.8 Å². The number of nitrogens with one attached hydrogen (secondary N) is 1. The van der Waals surface area contributed by atoms with Crippen molar-refractivity contribution >= 4 is 20.8 Å². The second kappa shape index (κ2) is 12.2. The summed E-state index contributed by atoms with van der Waals surface area (Å²) in [6, 6.07) is 21.0. The Morgan fingerprint density at radius 3 is 2.45 bits per heavy atom. The SMILES string of the molecule is COc1ccc2c(c1)CC(NCC1CCN(C3CCN(S(=O)(=O)c4cccc5ccccc45)CC3)CC1)CCC2. The second-order valence-corrected chi connectivity index (χ2v) is 13.8. The molecule has 2 fully saturated rings. The van der Waals surface area contributed by atoms with Crippen molar-refractivity contribution in [2.45, 2.75) is 68.3 Å². The standard InChI is InChI=1S/C33H43N3O3S/c1-39-31-13-12-26-7-4-9-29(22-28(26)23-31)34-24-25-14-18-35(19-15-25)30-16-20-36(21-17-30)40(37,38)33-11-5-8-27-6-2-3-10-32(27)33/h2-3,5-6,8,10-13,23,25,29-30,34H,4,7,9,14-22,24H2,1H3. The van der Waals surface area contributed by atoms with Crippen LogP contribution in [-0.4, -0.2) is 69.5 Å². The van der Waals surface area contributed by atoms with E-state index in [1.807, 2.05) is 36.4 Å². The van der Waals surface area contributed by atoms with Gasteiger partial charge in [-0.3, -0.25) is 0 Å². The Morgan fingerprint density at radius 2 is 1.65 bits per heavy atom. The van der Waals surface area contributed by atoms with Crippen LogP contribution < -0.4 is 10.1 Å². The molecule has 1 atom stereocenters. The molecule has 0 saturated carbocycles. The molecule has 0 bridgehead atoms. The van der Waals surface area contributed by atoms with Crippen LogP contribution in [0.2, 0.25) is 0 Å². The highest BCUT2D eigenvalue weighted by Crippen LogP contribution is 2.30. The fourth-order valence-corrected chi connectivity index (χ4v) is 8.79. The lowest BCUT2D eigenvalue weighted by atomic mass is 9.93. The van der Waals surface area contributed by atoms with Crippen molar-refractivity contribution in [1.29, 1.82) is 0 Å². The molecule has 1 unspecified atom stereocenters. The zero-order valence-corrected chi connectivity index (χ0v) is 24.5. The zero-order chi connectivity index (χ0) is 27.5. The molecule has 0 amide bonds. The Bertz CT molecular complexity index is 1400. The lowest BCUT2D eigenvalue weighted by Crippen LogP contribution is -2.49. The third-order valence-electron chi connectivity index (χ3n) is 9.53. The molecule has 0 aromatic heterocycles. The normalized spacial score (nSPS) is 22.2. The number of methoxy groups -OCH3 is 1. The van der Waals surface area contributed by atoms with E-state index in [2.05, 4.69) is 28.4 Å². The number of aryl methyl sites for hydroxylation is 1. The van der Waals surface area contributed by atoms with Gasteiger partial charge < -0.3 is 15.0 Å². The number of fused-ring (bicyclic) bond motifs is 2. The first-order valence-electron chi connectivity index (χ1n) is 15.1. The lowest BCUT2D eigenvalue weighted by molar-refractivity contribution is 0.0959. The van der Waals surface area contributed by atoms with Crippen molar-refractivity contribution in [1.82, 2.24) is 14.5 Å². The van der Waals surface area contributed by atoms with Gasteiger partial charge in [0, 0.05) is 30.6 Å². The molecule has 0 spiro atoms. The fraction of sp³-hybridized carbons (Fsp3) is 0.515. The van der Waals surface area contributed by atoms with E-state index in [0.29, 0.717) is 30.1 Å². The van der Waals surface area contributed by atoms with Crippen LogP contribution in [0.4, 0.5) is 0 Å². The van der Waals surface area contributed by atoms with Crippen LogP contribution in [-0.2, 0) is 22.9 Å². The van der Waals surface area contributed by atoms with Crippen molar-refractivity contribution in [3.8, 4) is 5.75 Å². The van der Waals surface area contributed by atoms with Crippen molar-refractivity contribution < 1.29 is 13.2 Å². The molecule has 3 aromatic rings. The Morgan fingerprint density at radius 1 is 0.875 bits per heavy atom. The first-order valence-corrected chi connectivity index (χ1v) is 16.6. The smallest absolute Gasteiger partial charge is 0.243 e. The van der Waals surface area contributed by atoms with Gasteiger partial charge in [0.2, 0.25) is 10.0 Å². The molecule has 1 N–H and O–H groups in total. The third kappa shape index (κ3) is 5.94. The Balaban J connectivity index is 0.978. The molecule has 6 rings (SSSR count). The minimum absolute atomic E-state index is 0.439. The molecule has 2 saturated heterocycles. The van der Waals surface area contributed by atoms with Gasteiger partial charge in [-0.2, -0.15) is 4.31 Å². The number of piperidine rings is 2. The van der Waals surface area contributed by atoms with E-state index in [-0.39, 0.29) is 0 Å². The molecular formula is C33H43N3O3S. The summed E-state index contributed by atoms with van der Waals surface area (Å²) in [4.78, 5) is 3.07. The molecule has 40 heavy (non-hydrogen) atoms. The van der Waals surface area contributed by atoms with Gasteiger partial charge in [-0.15, -0.1) is 0 Å². The van der Waals surface area contributed by atoms with E-state index in [9.17, 15) is 8.42 Å². The van der Waals surface area contributed by atoms with Gasteiger partial charge in [0.05, 0.1) is 12.0 Å². The quantitative estimate of drug-likeness (QED) is 0.399. The molecule has 0 radical (unpaired) electrons. The number of rotatable bonds is 7. The first-order chi connectivity index (χ1) is 19.5. The van der Waals surface area contributed by atoms with Gasteiger partial charge in [0.15, 0.2) is 0 Å². The highest BCUT2D eigenvalue weighted by Gasteiger charge is 2.34. The average molecular weight is 562 g/mol. The topological polar surface area (TPSA) is 61.9 Å². The monoisotopic (exact) mass is 561 g/mol. The maximum absolute atomic E-state index is 13.6. The fourth-order valence-electron chi connectivity index (χ4n) is 7.11. The molecule has 7 heteroatoms. The predicted octanol–water partition coefficient (Wildman–Crippen LogP) is 5.25. The van der Waals surface area contributed by atoms with E-state index >= 15 is 0 Å². The highest BCUT2D eigenvalue weighted by atomic mass is 32.2. The number of sulfonamides is 1. The van der Waals surface area contributed by atoms with Gasteiger partial charge >= 0.3 is 0 Å². The molecule has 2 heterocycles. The Hall–Kier alpha value is -2.45. The lowest BCUT2D eigenvalue weighted by Gasteiger charge is -2.41. The maximum atomic E-state index is 13.6. The van der Waals surface area contributed by atoms with Crippen molar-refractivity contribution in [3.05, 3.63) is 71.8 Å². The van der Waals surface area contributed by atoms with E-state index in [1.165, 1.54) is 36.8 Å². The van der Waals surface area contributed by atoms with Crippen molar-refractivity contribution in [3.63, 3.8) is 0 Å². The largest absolute Gasteiger partial charge is 0.497 e. The van der Waals surface area contributed by atoms with Crippen LogP contribution in [0.25, 0.3) is 10.8 Å². The van der Waals surface area contributed by atoms with Crippen LogP contribution in [0.3, 0.4) is 0 Å². The van der Waals surface area contributed by atoms with Gasteiger partial charge in [-0.1, -0.05) is 42.5 Å². The number of ether oxygens (including phenoxy) is 1. The molecule has 2 aliphatic heterocycles. The molecular weight excluding hydrogens is 518 g/mol. The minimum Gasteiger partial charge on any atom is -0.497 e. The van der Waals surface area contributed by atoms with Gasteiger partial charge in [0.25, 0.3) is 0 Å². The van der Waals surface area contributed by atoms with Crippen LogP contribution in [0.15, 0.2) is 65.6 Å². The second-order valence-electron chi connectivity index (χ2n) is 11.9.